The van der Waals surface area contributed by atoms with Gasteiger partial charge in [0.1, 0.15) is 17.7 Å². The van der Waals surface area contributed by atoms with E-state index in [4.69, 9.17) is 15.9 Å². The molecule has 0 heterocycles. The summed E-state index contributed by atoms with van der Waals surface area (Å²) in [7, 11) is 0. The number of carbonyl (C=O) groups excluding carboxylic acids is 1. The van der Waals surface area contributed by atoms with Gasteiger partial charge in [0.2, 0.25) is 0 Å². The molecule has 0 saturated heterocycles. The fraction of sp³-hybridized carbons (Fsp3) is 0.667. The molecule has 0 radical (unpaired) electrons. The molecular formula is C9H15NO5. The lowest BCUT2D eigenvalue weighted by atomic mass is 9.93. The number of rotatable bonds is 7. The third-order valence-corrected chi connectivity index (χ3v) is 1.99. The van der Waals surface area contributed by atoms with E-state index in [1.807, 2.05) is 0 Å². The molecule has 0 fully saturated rings. The van der Waals surface area contributed by atoms with E-state index in [2.05, 4.69) is 0 Å². The van der Waals surface area contributed by atoms with Crippen molar-refractivity contribution in [2.24, 2.45) is 11.7 Å². The van der Waals surface area contributed by atoms with Gasteiger partial charge < -0.3 is 15.9 Å². The molecule has 2 atom stereocenters. The smallest absolute Gasteiger partial charge is 0.320 e. The van der Waals surface area contributed by atoms with E-state index in [9.17, 15) is 14.4 Å². The first-order valence-corrected chi connectivity index (χ1v) is 4.64. The molecule has 0 aliphatic carbocycles. The predicted octanol–water partition coefficient (Wildman–Crippen LogP) is -0.142. The van der Waals surface area contributed by atoms with Crippen LogP contribution in [0.2, 0.25) is 0 Å². The summed E-state index contributed by atoms with van der Waals surface area (Å²) in [5.74, 6) is -4.39. The molecule has 6 nitrogen and oxygen atoms in total. The van der Waals surface area contributed by atoms with Crippen molar-refractivity contribution in [1.82, 2.24) is 0 Å². The molecule has 6 heteroatoms. The van der Waals surface area contributed by atoms with E-state index in [1.165, 1.54) is 0 Å². The maximum Gasteiger partial charge on any atom is 0.320 e. The number of hydrogen-bond donors (Lipinski definition) is 3. The zero-order chi connectivity index (χ0) is 12.0. The highest BCUT2D eigenvalue weighted by atomic mass is 16.4. The lowest BCUT2D eigenvalue weighted by molar-refractivity contribution is -0.147. The molecule has 2 unspecified atom stereocenters. The molecule has 86 valence electrons. The van der Waals surface area contributed by atoms with Crippen molar-refractivity contribution in [2.45, 2.75) is 32.2 Å². The monoisotopic (exact) mass is 217 g/mol. The van der Waals surface area contributed by atoms with Crippen LogP contribution in [0.3, 0.4) is 0 Å². The minimum atomic E-state index is -1.31. The number of carbonyl (C=O) groups is 3. The minimum Gasteiger partial charge on any atom is -0.481 e. The molecule has 0 saturated carbocycles. The van der Waals surface area contributed by atoms with Crippen LogP contribution in [-0.4, -0.2) is 34.0 Å². The largest absolute Gasteiger partial charge is 0.481 e. The maximum absolute atomic E-state index is 11.3. The summed E-state index contributed by atoms with van der Waals surface area (Å²) >= 11 is 0. The first-order chi connectivity index (χ1) is 6.90. The highest BCUT2D eigenvalue weighted by molar-refractivity contribution is 5.98. The second-order valence-electron chi connectivity index (χ2n) is 3.29. The Morgan fingerprint density at radius 3 is 2.07 bits per heavy atom. The summed E-state index contributed by atoms with van der Waals surface area (Å²) in [6.45, 7) is 1.74. The molecule has 0 aromatic rings. The highest BCUT2D eigenvalue weighted by Gasteiger charge is 2.29. The third-order valence-electron chi connectivity index (χ3n) is 1.99. The number of ketones is 1. The lowest BCUT2D eigenvalue weighted by Gasteiger charge is -2.13. The first kappa shape index (κ1) is 13.6. The highest BCUT2D eigenvalue weighted by Crippen LogP contribution is 2.11. The second kappa shape index (κ2) is 6.13. The van der Waals surface area contributed by atoms with Gasteiger partial charge in [-0.3, -0.25) is 14.4 Å². The van der Waals surface area contributed by atoms with Crippen LogP contribution in [0.5, 0.6) is 0 Å². The zero-order valence-electron chi connectivity index (χ0n) is 8.47. The first-order valence-electron chi connectivity index (χ1n) is 4.64. The summed E-state index contributed by atoms with van der Waals surface area (Å²) in [6.07, 6.45) is 0.303. The van der Waals surface area contributed by atoms with E-state index in [-0.39, 0.29) is 12.8 Å². The van der Waals surface area contributed by atoms with Gasteiger partial charge in [-0.25, -0.2) is 0 Å². The molecule has 0 amide bonds. The molecule has 0 rings (SSSR count). The van der Waals surface area contributed by atoms with Gasteiger partial charge in [0.05, 0.1) is 0 Å². The molecule has 0 aromatic carbocycles. The molecule has 0 bridgehead atoms. The van der Waals surface area contributed by atoms with Crippen molar-refractivity contribution >= 4 is 17.7 Å². The molecule has 4 N–H and O–H groups in total. The fourth-order valence-corrected chi connectivity index (χ4v) is 1.15. The number of aliphatic carboxylic acids is 2. The Bertz CT molecular complexity index is 263. The van der Waals surface area contributed by atoms with Gasteiger partial charge in [-0.1, -0.05) is 6.92 Å². The lowest BCUT2D eigenvalue weighted by Crippen LogP contribution is -2.37. The van der Waals surface area contributed by atoms with E-state index in [0.717, 1.165) is 0 Å². The standard InChI is InChI=1S/C9H15NO5/c1-2-3-7(11)5(8(12)13)4-6(10)9(14)15/h5-6H,2-4,10H2,1H3,(H,12,13)(H,14,15). The van der Waals surface area contributed by atoms with Crippen LogP contribution in [0, 0.1) is 5.92 Å². The quantitative estimate of drug-likeness (QED) is 0.511. The molecule has 15 heavy (non-hydrogen) atoms. The van der Waals surface area contributed by atoms with Crippen molar-refractivity contribution in [3.63, 3.8) is 0 Å². The van der Waals surface area contributed by atoms with Gasteiger partial charge >= 0.3 is 11.9 Å². The summed E-state index contributed by atoms with van der Waals surface area (Å²) in [4.78, 5) is 32.4. The molecule has 0 aromatic heterocycles. The summed E-state index contributed by atoms with van der Waals surface area (Å²) in [6, 6.07) is -1.31. The number of nitrogens with two attached hydrogens (primary N) is 1. The van der Waals surface area contributed by atoms with Crippen LogP contribution in [0.15, 0.2) is 0 Å². The van der Waals surface area contributed by atoms with Gasteiger partial charge in [-0.15, -0.1) is 0 Å². The maximum atomic E-state index is 11.3. The Hall–Kier alpha value is -1.43. The normalized spacial score (nSPS) is 14.3. The van der Waals surface area contributed by atoms with Crippen LogP contribution >= 0.6 is 0 Å². The Morgan fingerprint density at radius 1 is 1.20 bits per heavy atom. The van der Waals surface area contributed by atoms with Gasteiger partial charge in [0.25, 0.3) is 0 Å². The van der Waals surface area contributed by atoms with Crippen molar-refractivity contribution in [2.75, 3.05) is 0 Å². The Labute approximate surface area is 87.1 Å². The van der Waals surface area contributed by atoms with Gasteiger partial charge in [-0.05, 0) is 12.8 Å². The SMILES string of the molecule is CCCC(=O)C(CC(N)C(=O)O)C(=O)O. The topological polar surface area (TPSA) is 118 Å². The van der Waals surface area contributed by atoms with E-state index in [0.29, 0.717) is 6.42 Å². The fourth-order valence-electron chi connectivity index (χ4n) is 1.15. The van der Waals surface area contributed by atoms with Gasteiger partial charge in [0, 0.05) is 6.42 Å². The molecule has 0 aliphatic rings. The number of carboxylic acid groups (broad SMARTS) is 2. The van der Waals surface area contributed by atoms with E-state index < -0.39 is 29.7 Å². The summed E-state index contributed by atoms with van der Waals surface area (Å²) in [5.41, 5.74) is 5.17. The van der Waals surface area contributed by atoms with Crippen LogP contribution in [0.1, 0.15) is 26.2 Å². The van der Waals surface area contributed by atoms with Gasteiger partial charge in [0.15, 0.2) is 0 Å². The average Bonchev–Trinajstić information content (AvgIpc) is 2.13. The number of hydrogen-bond acceptors (Lipinski definition) is 4. The van der Waals surface area contributed by atoms with Crippen LogP contribution < -0.4 is 5.73 Å². The second-order valence-corrected chi connectivity index (χ2v) is 3.29. The average molecular weight is 217 g/mol. The molecular weight excluding hydrogens is 202 g/mol. The Kier molecular flexibility index (Phi) is 5.54. The number of Topliss-reactive ketones (excluding diaryl/α,β-unsaturated/α-hetero) is 1. The molecule has 0 spiro atoms. The van der Waals surface area contributed by atoms with Gasteiger partial charge in [-0.2, -0.15) is 0 Å². The Morgan fingerprint density at radius 2 is 1.73 bits per heavy atom. The van der Waals surface area contributed by atoms with Crippen LogP contribution in [0.25, 0.3) is 0 Å². The van der Waals surface area contributed by atoms with Crippen molar-refractivity contribution in [3.8, 4) is 0 Å². The van der Waals surface area contributed by atoms with Crippen LogP contribution in [-0.2, 0) is 14.4 Å². The summed E-state index contributed by atoms with van der Waals surface area (Å²) in [5, 5.41) is 17.2. The van der Waals surface area contributed by atoms with Crippen molar-refractivity contribution < 1.29 is 24.6 Å². The zero-order valence-corrected chi connectivity index (χ0v) is 8.47. The van der Waals surface area contributed by atoms with Crippen molar-refractivity contribution in [3.05, 3.63) is 0 Å². The predicted molar refractivity (Wildman–Crippen MR) is 51.3 cm³/mol. The third kappa shape index (κ3) is 4.55. The van der Waals surface area contributed by atoms with Crippen molar-refractivity contribution in [1.29, 1.82) is 0 Å². The molecule has 0 aliphatic heterocycles. The number of carboxylic acids is 2. The van der Waals surface area contributed by atoms with E-state index in [1.54, 1.807) is 6.92 Å². The minimum absolute atomic E-state index is 0.128. The van der Waals surface area contributed by atoms with E-state index >= 15 is 0 Å². The Balaban J connectivity index is 4.47. The summed E-state index contributed by atoms with van der Waals surface area (Å²) < 4.78 is 0. The van der Waals surface area contributed by atoms with Crippen LogP contribution in [0.4, 0.5) is 0 Å².